The maximum Gasteiger partial charge on any atom is 0.269 e. The Morgan fingerprint density at radius 2 is 1.73 bits per heavy atom. The van der Waals surface area contributed by atoms with Crippen molar-refractivity contribution in [2.75, 3.05) is 26.2 Å². The van der Waals surface area contributed by atoms with Gasteiger partial charge in [0.05, 0.1) is 16.6 Å². The SMILES string of the molecule is O=C(c1ccc(CC2=NC3CC=CC=C3N2S(=O)(=O)c2ccccc2)cc1)N1CC[C@H](N2CCCC2)C1. The molecule has 1 amide bonds. The van der Waals surface area contributed by atoms with Gasteiger partial charge in [-0.1, -0.05) is 42.5 Å². The Morgan fingerprint density at radius 3 is 2.49 bits per heavy atom. The number of sulfonamides is 1. The summed E-state index contributed by atoms with van der Waals surface area (Å²) in [6.07, 6.45) is 10.4. The Balaban J connectivity index is 1.19. The minimum absolute atomic E-state index is 0.0713. The van der Waals surface area contributed by atoms with Crippen LogP contribution >= 0.6 is 0 Å². The Kier molecular flexibility index (Phi) is 6.46. The lowest BCUT2D eigenvalue weighted by Gasteiger charge is -2.24. The second kappa shape index (κ2) is 9.91. The minimum Gasteiger partial charge on any atom is -0.337 e. The molecule has 2 aromatic carbocycles. The minimum atomic E-state index is -3.79. The first-order chi connectivity index (χ1) is 18.0. The predicted octanol–water partition coefficient (Wildman–Crippen LogP) is 3.85. The summed E-state index contributed by atoms with van der Waals surface area (Å²) in [6, 6.07) is 16.4. The average Bonchev–Trinajstić information content (AvgIpc) is 3.69. The quantitative estimate of drug-likeness (QED) is 0.585. The normalized spacial score (nSPS) is 23.8. The topological polar surface area (TPSA) is 73.3 Å². The van der Waals surface area contributed by atoms with Crippen LogP contribution in [0.2, 0.25) is 0 Å². The van der Waals surface area contributed by atoms with Gasteiger partial charge in [-0.05, 0) is 74.7 Å². The van der Waals surface area contributed by atoms with Crippen LogP contribution in [0.5, 0.6) is 0 Å². The van der Waals surface area contributed by atoms with E-state index in [1.807, 2.05) is 47.4 Å². The predicted molar refractivity (Wildman–Crippen MR) is 144 cm³/mol. The highest BCUT2D eigenvalue weighted by atomic mass is 32.2. The summed E-state index contributed by atoms with van der Waals surface area (Å²) in [5.74, 6) is 0.581. The molecule has 8 heteroatoms. The number of carbonyl (C=O) groups excluding carboxylic acids is 1. The molecule has 3 heterocycles. The standard InChI is InChI=1S/C29H32N4O3S/c34-29(32-19-16-24(21-32)31-17-6-7-18-31)23-14-12-22(13-15-23)20-28-30-26-10-4-5-11-27(26)33(28)37(35,36)25-8-2-1-3-9-25/h1-5,8-9,11-15,24,26H,6-7,10,16-21H2/t24-,26?/m0/s1. The number of likely N-dealkylation sites (tertiary alicyclic amines) is 2. The van der Waals surface area contributed by atoms with Crippen molar-refractivity contribution < 1.29 is 13.2 Å². The molecular formula is C29H32N4O3S. The van der Waals surface area contributed by atoms with Crippen LogP contribution in [0.1, 0.15) is 41.6 Å². The number of hydrogen-bond donors (Lipinski definition) is 0. The molecule has 192 valence electrons. The van der Waals surface area contributed by atoms with E-state index in [0.29, 0.717) is 36.0 Å². The zero-order valence-corrected chi connectivity index (χ0v) is 21.7. The zero-order chi connectivity index (χ0) is 25.4. The molecule has 37 heavy (non-hydrogen) atoms. The van der Waals surface area contributed by atoms with Crippen LogP contribution in [0.15, 0.2) is 88.4 Å². The molecule has 3 aliphatic heterocycles. The maximum absolute atomic E-state index is 13.6. The zero-order valence-electron chi connectivity index (χ0n) is 20.9. The molecule has 2 saturated heterocycles. The molecule has 2 aromatic rings. The molecule has 0 radical (unpaired) electrons. The fraction of sp³-hybridized carbons (Fsp3) is 0.379. The third-order valence-electron chi connectivity index (χ3n) is 7.83. The average molecular weight is 517 g/mol. The van der Waals surface area contributed by atoms with E-state index in [2.05, 4.69) is 4.90 Å². The first-order valence-corrected chi connectivity index (χ1v) is 14.6. The van der Waals surface area contributed by atoms with Crippen LogP contribution in [0.4, 0.5) is 0 Å². The monoisotopic (exact) mass is 516 g/mol. The van der Waals surface area contributed by atoms with Crippen LogP contribution < -0.4 is 0 Å². The van der Waals surface area contributed by atoms with Crippen molar-refractivity contribution in [1.29, 1.82) is 0 Å². The third-order valence-corrected chi connectivity index (χ3v) is 9.60. The van der Waals surface area contributed by atoms with Crippen molar-refractivity contribution in [2.24, 2.45) is 4.99 Å². The highest BCUT2D eigenvalue weighted by molar-refractivity contribution is 7.89. The Bertz CT molecular complexity index is 1360. The van der Waals surface area contributed by atoms with E-state index in [0.717, 1.165) is 38.2 Å². The van der Waals surface area contributed by atoms with Gasteiger partial charge >= 0.3 is 0 Å². The molecule has 1 unspecified atom stereocenters. The fourth-order valence-corrected chi connectivity index (χ4v) is 7.42. The van der Waals surface area contributed by atoms with Gasteiger partial charge in [0, 0.05) is 31.1 Å². The number of fused-ring (bicyclic) bond motifs is 1. The van der Waals surface area contributed by atoms with E-state index in [9.17, 15) is 13.2 Å². The molecule has 4 aliphatic rings. The second-order valence-electron chi connectivity index (χ2n) is 10.2. The van der Waals surface area contributed by atoms with Crippen LogP contribution in [0.25, 0.3) is 0 Å². The highest BCUT2D eigenvalue weighted by Crippen LogP contribution is 2.34. The van der Waals surface area contributed by atoms with Crippen molar-refractivity contribution in [3.63, 3.8) is 0 Å². The number of benzene rings is 2. The summed E-state index contributed by atoms with van der Waals surface area (Å²) in [4.78, 5) is 22.7. The van der Waals surface area contributed by atoms with Gasteiger partial charge in [0.15, 0.2) is 0 Å². The Labute approximate surface area is 218 Å². The van der Waals surface area contributed by atoms with E-state index in [4.69, 9.17) is 4.99 Å². The number of carbonyl (C=O) groups is 1. The van der Waals surface area contributed by atoms with Gasteiger partial charge in [0.1, 0.15) is 5.84 Å². The lowest BCUT2D eigenvalue weighted by atomic mass is 10.1. The van der Waals surface area contributed by atoms with E-state index in [1.165, 1.54) is 17.1 Å². The fourth-order valence-electron chi connectivity index (χ4n) is 5.86. The summed E-state index contributed by atoms with van der Waals surface area (Å²) in [6.45, 7) is 3.90. The van der Waals surface area contributed by atoms with Gasteiger partial charge < -0.3 is 4.90 Å². The summed E-state index contributed by atoms with van der Waals surface area (Å²) in [5.41, 5.74) is 2.29. The largest absolute Gasteiger partial charge is 0.337 e. The van der Waals surface area contributed by atoms with Gasteiger partial charge in [-0.25, -0.2) is 12.7 Å². The molecule has 0 saturated carbocycles. The highest BCUT2D eigenvalue weighted by Gasteiger charge is 2.39. The van der Waals surface area contributed by atoms with Crippen LogP contribution in [-0.4, -0.2) is 72.5 Å². The molecule has 0 N–H and O–H groups in total. The lowest BCUT2D eigenvalue weighted by Crippen LogP contribution is -2.37. The van der Waals surface area contributed by atoms with Gasteiger partial charge in [-0.15, -0.1) is 0 Å². The third kappa shape index (κ3) is 4.64. The molecule has 0 bridgehead atoms. The van der Waals surface area contributed by atoms with Crippen molar-refractivity contribution >= 4 is 21.8 Å². The van der Waals surface area contributed by atoms with Gasteiger partial charge in [-0.2, -0.15) is 0 Å². The van der Waals surface area contributed by atoms with Crippen molar-refractivity contribution in [3.05, 3.63) is 89.6 Å². The van der Waals surface area contributed by atoms with Crippen LogP contribution in [0, 0.1) is 0 Å². The molecule has 2 atom stereocenters. The molecule has 6 rings (SSSR count). The number of nitrogens with zero attached hydrogens (tertiary/aromatic N) is 4. The van der Waals surface area contributed by atoms with E-state index < -0.39 is 10.0 Å². The number of amidine groups is 1. The molecule has 2 fully saturated rings. The van der Waals surface area contributed by atoms with Crippen molar-refractivity contribution in [3.8, 4) is 0 Å². The Morgan fingerprint density at radius 1 is 0.973 bits per heavy atom. The van der Waals surface area contributed by atoms with Gasteiger partial charge in [-0.3, -0.25) is 14.7 Å². The summed E-state index contributed by atoms with van der Waals surface area (Å²) >= 11 is 0. The van der Waals surface area contributed by atoms with Crippen molar-refractivity contribution in [1.82, 2.24) is 14.1 Å². The van der Waals surface area contributed by atoms with E-state index >= 15 is 0 Å². The Hall–Kier alpha value is -3.23. The lowest BCUT2D eigenvalue weighted by molar-refractivity contribution is 0.0780. The molecule has 1 aliphatic carbocycles. The number of rotatable bonds is 6. The maximum atomic E-state index is 13.6. The number of aliphatic imine (C=N–C) groups is 1. The molecule has 0 spiro atoms. The number of allylic oxidation sites excluding steroid dienone is 2. The number of amides is 1. The van der Waals surface area contributed by atoms with Crippen LogP contribution in [-0.2, 0) is 16.4 Å². The van der Waals surface area contributed by atoms with Crippen LogP contribution in [0.3, 0.4) is 0 Å². The molecule has 7 nitrogen and oxygen atoms in total. The first-order valence-electron chi connectivity index (χ1n) is 13.2. The van der Waals surface area contributed by atoms with E-state index in [1.54, 1.807) is 30.3 Å². The molecule has 0 aromatic heterocycles. The molecular weight excluding hydrogens is 484 g/mol. The first kappa shape index (κ1) is 24.1. The van der Waals surface area contributed by atoms with E-state index in [-0.39, 0.29) is 16.8 Å². The summed E-state index contributed by atoms with van der Waals surface area (Å²) in [7, 11) is -3.79. The smallest absolute Gasteiger partial charge is 0.269 e. The number of hydrogen-bond acceptors (Lipinski definition) is 5. The van der Waals surface area contributed by atoms with Crippen molar-refractivity contribution in [2.45, 2.75) is 49.1 Å². The van der Waals surface area contributed by atoms with Gasteiger partial charge in [0.2, 0.25) is 0 Å². The summed E-state index contributed by atoms with van der Waals surface area (Å²) < 4.78 is 28.7. The second-order valence-corrected chi connectivity index (χ2v) is 12.0. The summed E-state index contributed by atoms with van der Waals surface area (Å²) in [5, 5.41) is 0. The van der Waals surface area contributed by atoms with Gasteiger partial charge in [0.25, 0.3) is 15.9 Å².